The summed E-state index contributed by atoms with van der Waals surface area (Å²) in [5.41, 5.74) is 3.52. The maximum atomic E-state index is 5.32. The molecule has 0 radical (unpaired) electrons. The molecular weight excluding hydrogens is 372 g/mol. The topological polar surface area (TPSA) is 49.4 Å². The molecule has 2 N–H and O–H groups in total. The average molecular weight is 405 g/mol. The molecule has 0 atom stereocenters. The van der Waals surface area contributed by atoms with Crippen molar-refractivity contribution >= 4 is 22.4 Å². The van der Waals surface area contributed by atoms with Crippen LogP contribution in [0.25, 0.3) is 10.9 Å². The maximum absolute atomic E-state index is 5.32. The van der Waals surface area contributed by atoms with E-state index in [1.54, 1.807) is 7.11 Å². The predicted octanol–water partition coefficient (Wildman–Crippen LogP) is 4.82. The summed E-state index contributed by atoms with van der Waals surface area (Å²) in [6.45, 7) is 0.887. The number of hydrogen-bond donors (Lipinski definition) is 2. The van der Waals surface area contributed by atoms with Crippen LogP contribution in [0.3, 0.4) is 0 Å². The van der Waals surface area contributed by atoms with E-state index in [-0.39, 0.29) is 0 Å². The van der Waals surface area contributed by atoms with Crippen molar-refractivity contribution in [2.75, 3.05) is 31.4 Å². The number of benzene rings is 2. The van der Waals surface area contributed by atoms with Gasteiger partial charge in [0, 0.05) is 49.9 Å². The Morgan fingerprint density at radius 2 is 1.73 bits per heavy atom. The minimum Gasteiger partial charge on any atom is -0.497 e. The number of nitrogens with one attached hydrogen (secondary N) is 2. The van der Waals surface area contributed by atoms with Gasteiger partial charge in [0.25, 0.3) is 0 Å². The SMILES string of the molecule is COc1cccc(CN[C@H]2CC[C@@H](Nc3cc(N(C)C)c4ccccc4n3)CC2)c1. The molecule has 5 heteroatoms. The molecule has 0 saturated heterocycles. The highest BCUT2D eigenvalue weighted by Gasteiger charge is 2.21. The first-order chi connectivity index (χ1) is 14.6. The van der Waals surface area contributed by atoms with Gasteiger partial charge in [-0.15, -0.1) is 0 Å². The highest BCUT2D eigenvalue weighted by Crippen LogP contribution is 2.29. The average Bonchev–Trinajstić information content (AvgIpc) is 2.78. The standard InChI is InChI=1S/C25H32N4O/c1-29(2)24-16-25(28-23-10-5-4-9-22(23)24)27-20-13-11-19(12-14-20)26-17-18-7-6-8-21(15-18)30-3/h4-10,15-16,19-20,26H,11-14,17H2,1-3H3,(H,27,28)/t19-,20+. The number of anilines is 2. The molecule has 1 heterocycles. The van der Waals surface area contributed by atoms with Gasteiger partial charge < -0.3 is 20.3 Å². The molecule has 2 aromatic carbocycles. The number of para-hydroxylation sites is 1. The van der Waals surface area contributed by atoms with Crippen molar-refractivity contribution in [3.8, 4) is 5.75 Å². The van der Waals surface area contributed by atoms with Crippen LogP contribution in [0.15, 0.2) is 54.6 Å². The summed E-state index contributed by atoms with van der Waals surface area (Å²) in [5.74, 6) is 1.90. The van der Waals surface area contributed by atoms with Gasteiger partial charge in [-0.05, 0) is 49.4 Å². The Labute approximate surface area is 179 Å². The van der Waals surface area contributed by atoms with E-state index in [4.69, 9.17) is 9.72 Å². The van der Waals surface area contributed by atoms with Crippen LogP contribution in [0.1, 0.15) is 31.2 Å². The third-order valence-corrected chi connectivity index (χ3v) is 5.98. The zero-order valence-corrected chi connectivity index (χ0v) is 18.2. The molecule has 5 nitrogen and oxygen atoms in total. The molecule has 1 aliphatic carbocycles. The molecule has 4 rings (SSSR count). The monoisotopic (exact) mass is 404 g/mol. The van der Waals surface area contributed by atoms with Crippen LogP contribution >= 0.6 is 0 Å². The lowest BCUT2D eigenvalue weighted by Gasteiger charge is -2.30. The quantitative estimate of drug-likeness (QED) is 0.591. The summed E-state index contributed by atoms with van der Waals surface area (Å²) < 4.78 is 5.32. The number of hydrogen-bond acceptors (Lipinski definition) is 5. The predicted molar refractivity (Wildman–Crippen MR) is 126 cm³/mol. The van der Waals surface area contributed by atoms with Crippen LogP contribution in [0.2, 0.25) is 0 Å². The Hall–Kier alpha value is -2.79. The molecule has 158 valence electrons. The van der Waals surface area contributed by atoms with Gasteiger partial charge in [-0.2, -0.15) is 0 Å². The van der Waals surface area contributed by atoms with E-state index in [2.05, 4.69) is 78.2 Å². The lowest BCUT2D eigenvalue weighted by Crippen LogP contribution is -2.36. The fourth-order valence-corrected chi connectivity index (χ4v) is 4.30. The number of pyridine rings is 1. The minimum absolute atomic E-state index is 0.476. The molecule has 1 fully saturated rings. The van der Waals surface area contributed by atoms with Gasteiger partial charge in [-0.3, -0.25) is 0 Å². The van der Waals surface area contributed by atoms with E-state index in [9.17, 15) is 0 Å². The Bertz CT molecular complexity index is 980. The van der Waals surface area contributed by atoms with Crippen LogP contribution in [0.4, 0.5) is 11.5 Å². The van der Waals surface area contributed by atoms with Crippen LogP contribution in [0.5, 0.6) is 5.75 Å². The fraction of sp³-hybridized carbons (Fsp3) is 0.400. The van der Waals surface area contributed by atoms with Crippen LogP contribution in [-0.2, 0) is 6.54 Å². The summed E-state index contributed by atoms with van der Waals surface area (Å²) in [7, 11) is 5.89. The molecule has 0 spiro atoms. The Morgan fingerprint density at radius 3 is 2.50 bits per heavy atom. The zero-order valence-electron chi connectivity index (χ0n) is 18.2. The highest BCUT2D eigenvalue weighted by atomic mass is 16.5. The molecule has 0 aliphatic heterocycles. The number of nitrogens with zero attached hydrogens (tertiary/aromatic N) is 2. The first-order valence-electron chi connectivity index (χ1n) is 10.8. The third kappa shape index (κ3) is 4.85. The Morgan fingerprint density at radius 1 is 0.967 bits per heavy atom. The molecule has 1 saturated carbocycles. The van der Waals surface area contributed by atoms with E-state index < -0.39 is 0 Å². The lowest BCUT2D eigenvalue weighted by atomic mass is 9.91. The molecule has 0 amide bonds. The van der Waals surface area contributed by atoms with Gasteiger partial charge >= 0.3 is 0 Å². The number of aromatic nitrogens is 1. The molecule has 3 aromatic rings. The summed E-state index contributed by atoms with van der Waals surface area (Å²) >= 11 is 0. The second kappa shape index (κ2) is 9.35. The first kappa shape index (κ1) is 20.5. The fourth-order valence-electron chi connectivity index (χ4n) is 4.30. The van der Waals surface area contributed by atoms with Crippen molar-refractivity contribution in [1.82, 2.24) is 10.3 Å². The van der Waals surface area contributed by atoms with Gasteiger partial charge in [0.15, 0.2) is 0 Å². The van der Waals surface area contributed by atoms with Gasteiger partial charge in [0.05, 0.1) is 12.6 Å². The van der Waals surface area contributed by atoms with Crippen LogP contribution < -0.4 is 20.3 Å². The van der Waals surface area contributed by atoms with Gasteiger partial charge in [0.1, 0.15) is 11.6 Å². The number of methoxy groups -OCH3 is 1. The van der Waals surface area contributed by atoms with Crippen molar-refractivity contribution in [2.45, 2.75) is 44.3 Å². The molecule has 30 heavy (non-hydrogen) atoms. The number of fused-ring (bicyclic) bond motifs is 1. The van der Waals surface area contributed by atoms with Gasteiger partial charge in [0.2, 0.25) is 0 Å². The molecular formula is C25H32N4O. The van der Waals surface area contributed by atoms with Crippen molar-refractivity contribution in [3.63, 3.8) is 0 Å². The molecule has 0 bridgehead atoms. The number of rotatable bonds is 7. The first-order valence-corrected chi connectivity index (χ1v) is 10.8. The smallest absolute Gasteiger partial charge is 0.128 e. The number of ether oxygens (including phenoxy) is 1. The minimum atomic E-state index is 0.476. The van der Waals surface area contributed by atoms with E-state index in [0.29, 0.717) is 12.1 Å². The Kier molecular flexibility index (Phi) is 6.38. The van der Waals surface area contributed by atoms with E-state index in [1.165, 1.54) is 29.5 Å². The molecule has 1 aromatic heterocycles. The summed E-state index contributed by atoms with van der Waals surface area (Å²) in [6, 6.07) is 19.9. The van der Waals surface area contributed by atoms with Crippen molar-refractivity contribution in [3.05, 3.63) is 60.2 Å². The second-order valence-electron chi connectivity index (χ2n) is 8.36. The Balaban J connectivity index is 1.33. The van der Waals surface area contributed by atoms with E-state index >= 15 is 0 Å². The zero-order chi connectivity index (χ0) is 20.9. The van der Waals surface area contributed by atoms with Gasteiger partial charge in [-0.25, -0.2) is 4.98 Å². The summed E-state index contributed by atoms with van der Waals surface area (Å²) in [6.07, 6.45) is 4.66. The third-order valence-electron chi connectivity index (χ3n) is 5.98. The second-order valence-corrected chi connectivity index (χ2v) is 8.36. The highest BCUT2D eigenvalue weighted by molar-refractivity contribution is 5.93. The summed E-state index contributed by atoms with van der Waals surface area (Å²) in [5, 5.41) is 8.60. The van der Waals surface area contributed by atoms with E-state index in [1.807, 2.05) is 6.07 Å². The van der Waals surface area contributed by atoms with Crippen LogP contribution in [-0.4, -0.2) is 38.3 Å². The lowest BCUT2D eigenvalue weighted by molar-refractivity contribution is 0.352. The van der Waals surface area contributed by atoms with Crippen molar-refractivity contribution < 1.29 is 4.74 Å². The van der Waals surface area contributed by atoms with E-state index in [0.717, 1.165) is 36.5 Å². The van der Waals surface area contributed by atoms with Gasteiger partial charge in [-0.1, -0.05) is 30.3 Å². The van der Waals surface area contributed by atoms with Crippen LogP contribution in [0, 0.1) is 0 Å². The molecule has 0 unspecified atom stereocenters. The molecule has 1 aliphatic rings. The maximum Gasteiger partial charge on any atom is 0.128 e. The summed E-state index contributed by atoms with van der Waals surface area (Å²) in [4.78, 5) is 7.02. The van der Waals surface area contributed by atoms with Crippen molar-refractivity contribution in [1.29, 1.82) is 0 Å². The normalized spacial score (nSPS) is 18.9. The largest absolute Gasteiger partial charge is 0.497 e. The van der Waals surface area contributed by atoms with Crippen molar-refractivity contribution in [2.24, 2.45) is 0 Å².